The number of hydrogen-bond donors (Lipinski definition) is 1. The number of halogens is 2. The fourth-order valence-corrected chi connectivity index (χ4v) is 3.86. The van der Waals surface area contributed by atoms with Gasteiger partial charge in [-0.25, -0.2) is 13.5 Å². The van der Waals surface area contributed by atoms with Gasteiger partial charge < -0.3 is 5.73 Å². The number of anilines is 1. The predicted octanol–water partition coefficient (Wildman–Crippen LogP) is 4.73. The van der Waals surface area contributed by atoms with Crippen LogP contribution < -0.4 is 5.73 Å². The molecular weight excluding hydrogens is 346 g/mol. The molecule has 0 bridgehead atoms. The van der Waals surface area contributed by atoms with E-state index in [1.54, 1.807) is 6.07 Å². The number of fused-ring (bicyclic) bond motifs is 1. The van der Waals surface area contributed by atoms with Crippen LogP contribution in [0, 0.1) is 23.0 Å². The Balaban J connectivity index is 1.98. The maximum absolute atomic E-state index is 14.4. The second-order valence-electron chi connectivity index (χ2n) is 6.79. The molecule has 6 heteroatoms. The number of benzene rings is 2. The summed E-state index contributed by atoms with van der Waals surface area (Å²) < 4.78 is 29.7. The van der Waals surface area contributed by atoms with E-state index in [0.717, 1.165) is 47.9 Å². The third kappa shape index (κ3) is 3.06. The van der Waals surface area contributed by atoms with Crippen molar-refractivity contribution in [3.63, 3.8) is 0 Å². The maximum atomic E-state index is 14.4. The van der Waals surface area contributed by atoms with E-state index in [0.29, 0.717) is 24.2 Å². The molecule has 3 aromatic rings. The van der Waals surface area contributed by atoms with Gasteiger partial charge >= 0.3 is 0 Å². The van der Waals surface area contributed by atoms with Gasteiger partial charge in [-0.05, 0) is 43.5 Å². The summed E-state index contributed by atoms with van der Waals surface area (Å²) in [4.78, 5) is 0. The van der Waals surface area contributed by atoms with Crippen LogP contribution in [0.5, 0.6) is 0 Å². The highest BCUT2D eigenvalue weighted by molar-refractivity contribution is 5.69. The smallest absolute Gasteiger partial charge is 0.149 e. The van der Waals surface area contributed by atoms with Gasteiger partial charge in [0.1, 0.15) is 17.3 Å². The van der Waals surface area contributed by atoms with Crippen molar-refractivity contribution in [2.75, 3.05) is 5.73 Å². The average Bonchev–Trinajstić information content (AvgIpc) is 3.04. The summed E-state index contributed by atoms with van der Waals surface area (Å²) in [6.07, 6.45) is 2.80. The van der Waals surface area contributed by atoms with Crippen molar-refractivity contribution in [1.29, 1.82) is 5.26 Å². The molecule has 2 aromatic carbocycles. The van der Waals surface area contributed by atoms with Crippen molar-refractivity contribution < 1.29 is 8.78 Å². The zero-order valence-electron chi connectivity index (χ0n) is 14.6. The van der Waals surface area contributed by atoms with E-state index >= 15 is 0 Å². The maximum Gasteiger partial charge on any atom is 0.149 e. The number of aromatic nitrogens is 2. The molecule has 1 aliphatic rings. The van der Waals surface area contributed by atoms with E-state index in [1.165, 1.54) is 4.68 Å². The first-order chi connectivity index (χ1) is 13.1. The van der Waals surface area contributed by atoms with Crippen molar-refractivity contribution in [2.45, 2.75) is 31.6 Å². The Morgan fingerprint density at radius 2 is 2.07 bits per heavy atom. The van der Waals surface area contributed by atoms with Crippen molar-refractivity contribution >= 4 is 5.69 Å². The minimum atomic E-state index is -0.539. The van der Waals surface area contributed by atoms with Crippen LogP contribution in [-0.2, 0) is 6.42 Å². The molecule has 27 heavy (non-hydrogen) atoms. The Hall–Kier alpha value is -3.20. The van der Waals surface area contributed by atoms with Crippen LogP contribution in [0.15, 0.2) is 42.5 Å². The van der Waals surface area contributed by atoms with Crippen LogP contribution in [0.3, 0.4) is 0 Å². The lowest BCUT2D eigenvalue weighted by molar-refractivity contribution is 0.542. The number of hydrogen-bond acceptors (Lipinski definition) is 3. The van der Waals surface area contributed by atoms with Gasteiger partial charge in [0.2, 0.25) is 0 Å². The monoisotopic (exact) mass is 364 g/mol. The van der Waals surface area contributed by atoms with Crippen molar-refractivity contribution in [3.05, 3.63) is 65.4 Å². The molecule has 0 radical (unpaired) electrons. The minimum absolute atomic E-state index is 0.0144. The Kier molecular flexibility index (Phi) is 4.36. The lowest BCUT2D eigenvalue weighted by Gasteiger charge is -2.22. The summed E-state index contributed by atoms with van der Waals surface area (Å²) in [5.41, 5.74) is 9.88. The highest BCUT2D eigenvalue weighted by atomic mass is 19.1. The van der Waals surface area contributed by atoms with Gasteiger partial charge in [0, 0.05) is 40.9 Å². The number of nitrogen functional groups attached to an aromatic ring is 1. The zero-order valence-corrected chi connectivity index (χ0v) is 14.6. The molecule has 1 unspecified atom stereocenters. The summed E-state index contributed by atoms with van der Waals surface area (Å²) in [5.74, 6) is -1.05. The van der Waals surface area contributed by atoms with Crippen LogP contribution in [0.4, 0.5) is 14.5 Å². The van der Waals surface area contributed by atoms with Crippen molar-refractivity contribution in [1.82, 2.24) is 9.78 Å². The zero-order chi connectivity index (χ0) is 19.0. The predicted molar refractivity (Wildman–Crippen MR) is 99.2 cm³/mol. The summed E-state index contributed by atoms with van der Waals surface area (Å²) >= 11 is 0. The molecule has 0 spiro atoms. The first kappa shape index (κ1) is 17.2. The number of nitrogens with zero attached hydrogens (tertiary/aromatic N) is 3. The summed E-state index contributed by atoms with van der Waals surface area (Å²) in [5, 5.41) is 13.9. The van der Waals surface area contributed by atoms with Gasteiger partial charge in [0.15, 0.2) is 0 Å². The second kappa shape index (κ2) is 6.84. The van der Waals surface area contributed by atoms with E-state index in [9.17, 15) is 14.0 Å². The van der Waals surface area contributed by atoms with E-state index in [-0.39, 0.29) is 11.6 Å². The van der Waals surface area contributed by atoms with Gasteiger partial charge in [-0.2, -0.15) is 10.4 Å². The van der Waals surface area contributed by atoms with Gasteiger partial charge in [-0.1, -0.05) is 12.1 Å². The topological polar surface area (TPSA) is 67.6 Å². The first-order valence-electron chi connectivity index (χ1n) is 8.88. The number of nitrogens with two attached hydrogens (primary N) is 1. The molecule has 4 nitrogen and oxygen atoms in total. The molecule has 1 heterocycles. The van der Waals surface area contributed by atoms with Crippen LogP contribution in [0.1, 0.15) is 36.4 Å². The average molecular weight is 364 g/mol. The van der Waals surface area contributed by atoms with Crippen LogP contribution in [0.2, 0.25) is 0 Å². The molecule has 0 saturated carbocycles. The third-order valence-corrected chi connectivity index (χ3v) is 5.03. The lowest BCUT2D eigenvalue weighted by Crippen LogP contribution is -2.13. The molecule has 1 atom stereocenters. The second-order valence-corrected chi connectivity index (χ2v) is 6.79. The standard InChI is InChI=1S/C21H18F2N4/c22-15-7-8-17(23)19(12-15)27-18-6-2-3-13(9-10-24)20(18)21(26-27)14-4-1-5-16(25)11-14/h1,4-5,7-8,11-13H,2-3,6,9,25H2. The van der Waals surface area contributed by atoms with Gasteiger partial charge in [0.25, 0.3) is 0 Å². The molecule has 0 saturated heterocycles. The molecule has 4 rings (SSSR count). The first-order valence-corrected chi connectivity index (χ1v) is 8.88. The van der Waals surface area contributed by atoms with Gasteiger partial charge in [-0.3, -0.25) is 0 Å². The van der Waals surface area contributed by atoms with Crippen LogP contribution >= 0.6 is 0 Å². The Morgan fingerprint density at radius 1 is 1.22 bits per heavy atom. The van der Waals surface area contributed by atoms with Gasteiger partial charge in [0.05, 0.1) is 11.8 Å². The molecule has 1 aromatic heterocycles. The fraction of sp³-hybridized carbons (Fsp3) is 0.238. The molecule has 136 valence electrons. The number of rotatable bonds is 3. The number of nitriles is 1. The van der Waals surface area contributed by atoms with Crippen LogP contribution in [0.25, 0.3) is 16.9 Å². The van der Waals surface area contributed by atoms with E-state index in [2.05, 4.69) is 11.2 Å². The molecule has 0 fully saturated rings. The third-order valence-electron chi connectivity index (χ3n) is 5.03. The van der Waals surface area contributed by atoms with Crippen LogP contribution in [-0.4, -0.2) is 9.78 Å². The molecular formula is C21H18F2N4. The van der Waals surface area contributed by atoms with E-state index in [4.69, 9.17) is 5.73 Å². The quantitative estimate of drug-likeness (QED) is 0.683. The summed E-state index contributed by atoms with van der Waals surface area (Å²) in [7, 11) is 0. The Bertz CT molecular complexity index is 1050. The fourth-order valence-electron chi connectivity index (χ4n) is 3.86. The molecule has 2 N–H and O–H groups in total. The lowest BCUT2D eigenvalue weighted by atomic mass is 9.82. The summed E-state index contributed by atoms with van der Waals surface area (Å²) in [6.45, 7) is 0. The molecule has 1 aliphatic carbocycles. The summed E-state index contributed by atoms with van der Waals surface area (Å²) in [6, 6.07) is 12.9. The van der Waals surface area contributed by atoms with E-state index < -0.39 is 11.6 Å². The van der Waals surface area contributed by atoms with E-state index in [1.807, 2.05) is 18.2 Å². The Morgan fingerprint density at radius 3 is 2.85 bits per heavy atom. The highest BCUT2D eigenvalue weighted by Gasteiger charge is 2.30. The molecule has 0 aliphatic heterocycles. The highest BCUT2D eigenvalue weighted by Crippen LogP contribution is 2.41. The van der Waals surface area contributed by atoms with Crippen molar-refractivity contribution in [3.8, 4) is 23.0 Å². The van der Waals surface area contributed by atoms with Gasteiger partial charge in [-0.15, -0.1) is 0 Å². The minimum Gasteiger partial charge on any atom is -0.399 e. The molecule has 0 amide bonds. The Labute approximate surface area is 155 Å². The van der Waals surface area contributed by atoms with Crippen molar-refractivity contribution in [2.24, 2.45) is 0 Å². The largest absolute Gasteiger partial charge is 0.399 e. The SMILES string of the molecule is N#CCC1CCCc2c1c(-c1cccc(N)c1)nn2-c1cc(F)ccc1F. The normalized spacial score (nSPS) is 16.0.